The fourth-order valence-corrected chi connectivity index (χ4v) is 0.489. The van der Waals surface area contributed by atoms with E-state index in [0.717, 1.165) is 0 Å². The highest BCUT2D eigenvalue weighted by Crippen LogP contribution is 1.83. The zero-order valence-corrected chi connectivity index (χ0v) is 8.50. The van der Waals surface area contributed by atoms with E-state index in [1.165, 1.54) is 12.1 Å². The Hall–Kier alpha value is -1.06. The summed E-state index contributed by atoms with van der Waals surface area (Å²) in [6.45, 7) is 5.98. The zero-order valence-electron chi connectivity index (χ0n) is 8.50. The SMILES string of the molecule is C/C=N\N(C)CC(=O)OC.CC. The van der Waals surface area contributed by atoms with Gasteiger partial charge in [-0.2, -0.15) is 5.10 Å². The topological polar surface area (TPSA) is 41.9 Å². The summed E-state index contributed by atoms with van der Waals surface area (Å²) in [6.07, 6.45) is 1.61. The molecule has 0 amide bonds. The van der Waals surface area contributed by atoms with Crippen LogP contribution in [-0.2, 0) is 9.53 Å². The lowest BCUT2D eigenvalue weighted by Crippen LogP contribution is -2.21. The van der Waals surface area contributed by atoms with Crippen molar-refractivity contribution in [3.8, 4) is 0 Å². The van der Waals surface area contributed by atoms with Gasteiger partial charge in [0.25, 0.3) is 0 Å². The molecule has 0 aromatic rings. The predicted octanol–water partition coefficient (Wildman–Crippen LogP) is 1.12. The number of rotatable bonds is 3. The number of carbonyl (C=O) groups excluding carboxylic acids is 1. The van der Waals surface area contributed by atoms with Crippen LogP contribution in [0.2, 0.25) is 0 Å². The summed E-state index contributed by atoms with van der Waals surface area (Å²) < 4.78 is 4.41. The van der Waals surface area contributed by atoms with Crippen LogP contribution in [0.4, 0.5) is 0 Å². The van der Waals surface area contributed by atoms with Crippen molar-refractivity contribution in [2.24, 2.45) is 5.10 Å². The van der Waals surface area contributed by atoms with Gasteiger partial charge in [-0.15, -0.1) is 0 Å². The van der Waals surface area contributed by atoms with Gasteiger partial charge in [-0.05, 0) is 6.92 Å². The molecule has 0 aromatic carbocycles. The van der Waals surface area contributed by atoms with Crippen molar-refractivity contribution >= 4 is 12.2 Å². The molecule has 0 aromatic heterocycles. The Kier molecular flexibility index (Phi) is 11.2. The van der Waals surface area contributed by atoms with Crippen LogP contribution in [0, 0.1) is 0 Å². The number of esters is 1. The van der Waals surface area contributed by atoms with E-state index in [-0.39, 0.29) is 12.5 Å². The molecule has 0 saturated heterocycles. The third-order valence-electron chi connectivity index (χ3n) is 0.898. The van der Waals surface area contributed by atoms with E-state index in [1.807, 2.05) is 13.8 Å². The van der Waals surface area contributed by atoms with E-state index in [2.05, 4.69) is 9.84 Å². The number of hydrogen-bond acceptors (Lipinski definition) is 4. The van der Waals surface area contributed by atoms with Gasteiger partial charge >= 0.3 is 5.97 Å². The number of hydrogen-bond donors (Lipinski definition) is 0. The summed E-state index contributed by atoms with van der Waals surface area (Å²) in [6, 6.07) is 0. The summed E-state index contributed by atoms with van der Waals surface area (Å²) in [5.74, 6) is -0.284. The minimum absolute atomic E-state index is 0.195. The lowest BCUT2D eigenvalue weighted by atomic mass is 10.6. The molecule has 4 nitrogen and oxygen atoms in total. The highest BCUT2D eigenvalue weighted by atomic mass is 16.5. The van der Waals surface area contributed by atoms with Crippen LogP contribution < -0.4 is 0 Å². The van der Waals surface area contributed by atoms with Gasteiger partial charge < -0.3 is 4.74 Å². The van der Waals surface area contributed by atoms with Crippen molar-refractivity contribution in [2.75, 3.05) is 20.7 Å². The van der Waals surface area contributed by atoms with Crippen LogP contribution in [0.3, 0.4) is 0 Å². The quantitative estimate of drug-likeness (QED) is 0.366. The second-order valence-electron chi connectivity index (χ2n) is 1.77. The molecule has 0 aliphatic carbocycles. The average molecular weight is 174 g/mol. The smallest absolute Gasteiger partial charge is 0.327 e. The third-order valence-corrected chi connectivity index (χ3v) is 0.898. The molecule has 0 bridgehead atoms. The van der Waals surface area contributed by atoms with Crippen LogP contribution in [0.25, 0.3) is 0 Å². The molecule has 0 saturated carbocycles. The molecule has 72 valence electrons. The van der Waals surface area contributed by atoms with E-state index in [0.29, 0.717) is 0 Å². The van der Waals surface area contributed by atoms with Crippen molar-refractivity contribution in [2.45, 2.75) is 20.8 Å². The number of methoxy groups -OCH3 is 1. The Balaban J connectivity index is 0. The number of nitrogens with zero attached hydrogens (tertiary/aromatic N) is 2. The number of likely N-dealkylation sites (N-methyl/N-ethyl adjacent to an activating group) is 1. The normalized spacial score (nSPS) is 8.75. The van der Waals surface area contributed by atoms with Gasteiger partial charge in [0.15, 0.2) is 0 Å². The van der Waals surface area contributed by atoms with Gasteiger partial charge in [0.1, 0.15) is 6.54 Å². The zero-order chi connectivity index (χ0) is 9.98. The van der Waals surface area contributed by atoms with E-state index in [4.69, 9.17) is 0 Å². The maximum Gasteiger partial charge on any atom is 0.327 e. The summed E-state index contributed by atoms with van der Waals surface area (Å²) in [4.78, 5) is 10.6. The molecule has 0 heterocycles. The lowest BCUT2D eigenvalue weighted by molar-refractivity contribution is -0.141. The molecule has 12 heavy (non-hydrogen) atoms. The van der Waals surface area contributed by atoms with Gasteiger partial charge in [0, 0.05) is 13.3 Å². The maximum absolute atomic E-state index is 10.6. The molecule has 0 unspecified atom stereocenters. The van der Waals surface area contributed by atoms with Gasteiger partial charge in [0.05, 0.1) is 7.11 Å². The first kappa shape index (κ1) is 13.5. The molecule has 4 heteroatoms. The molecule has 0 atom stereocenters. The first-order valence-corrected chi connectivity index (χ1v) is 3.97. The first-order valence-electron chi connectivity index (χ1n) is 3.97. The third kappa shape index (κ3) is 8.94. The molecular formula is C8H18N2O2. The minimum Gasteiger partial charge on any atom is -0.468 e. The van der Waals surface area contributed by atoms with Crippen molar-refractivity contribution in [3.63, 3.8) is 0 Å². The molecule has 0 fully saturated rings. The van der Waals surface area contributed by atoms with Crippen LogP contribution in [0.15, 0.2) is 5.10 Å². The molecule has 0 aliphatic rings. The van der Waals surface area contributed by atoms with Crippen molar-refractivity contribution in [1.82, 2.24) is 5.01 Å². The van der Waals surface area contributed by atoms with Crippen LogP contribution in [-0.4, -0.2) is 37.9 Å². The molecule has 0 spiro atoms. The minimum atomic E-state index is -0.284. The van der Waals surface area contributed by atoms with Crippen LogP contribution in [0.1, 0.15) is 20.8 Å². The van der Waals surface area contributed by atoms with E-state index in [9.17, 15) is 4.79 Å². The summed E-state index contributed by atoms with van der Waals surface area (Å²) >= 11 is 0. The first-order chi connectivity index (χ1) is 5.70. The van der Waals surface area contributed by atoms with Gasteiger partial charge in [-0.1, -0.05) is 13.8 Å². The van der Waals surface area contributed by atoms with Gasteiger partial charge in [-0.25, -0.2) is 0 Å². The molecule has 0 N–H and O–H groups in total. The van der Waals surface area contributed by atoms with Gasteiger partial charge in [0.2, 0.25) is 0 Å². The second kappa shape index (κ2) is 9.94. The number of ether oxygens (including phenoxy) is 1. The molecule has 0 rings (SSSR count). The standard InChI is InChI=1S/C6H12N2O2.C2H6/c1-4-7-8(2)5-6(9)10-3;1-2/h4H,5H2,1-3H3;1-2H3/b7-4-;. The lowest BCUT2D eigenvalue weighted by Gasteiger charge is -2.09. The Labute approximate surface area is 74.2 Å². The van der Waals surface area contributed by atoms with Crippen molar-refractivity contribution in [3.05, 3.63) is 0 Å². The van der Waals surface area contributed by atoms with Gasteiger partial charge in [-0.3, -0.25) is 9.80 Å². The fraction of sp³-hybridized carbons (Fsp3) is 0.750. The van der Waals surface area contributed by atoms with Crippen molar-refractivity contribution in [1.29, 1.82) is 0 Å². The average Bonchev–Trinajstić information content (AvgIpc) is 2.08. The van der Waals surface area contributed by atoms with E-state index >= 15 is 0 Å². The summed E-state index contributed by atoms with van der Waals surface area (Å²) in [5.41, 5.74) is 0. The summed E-state index contributed by atoms with van der Waals surface area (Å²) in [5, 5.41) is 5.33. The van der Waals surface area contributed by atoms with Crippen molar-refractivity contribution < 1.29 is 9.53 Å². The van der Waals surface area contributed by atoms with Crippen LogP contribution >= 0.6 is 0 Å². The number of hydrazone groups is 1. The Morgan fingerprint density at radius 2 is 2.08 bits per heavy atom. The maximum atomic E-state index is 10.6. The monoisotopic (exact) mass is 174 g/mol. The number of carbonyl (C=O) groups is 1. The molecule has 0 radical (unpaired) electrons. The second-order valence-corrected chi connectivity index (χ2v) is 1.77. The Morgan fingerprint density at radius 1 is 1.58 bits per heavy atom. The highest BCUT2D eigenvalue weighted by Gasteiger charge is 2.01. The van der Waals surface area contributed by atoms with E-state index in [1.54, 1.807) is 20.2 Å². The Bertz CT molecular complexity index is 135. The predicted molar refractivity (Wildman–Crippen MR) is 50.2 cm³/mol. The Morgan fingerprint density at radius 3 is 2.42 bits per heavy atom. The highest BCUT2D eigenvalue weighted by molar-refractivity contribution is 5.71. The van der Waals surface area contributed by atoms with E-state index < -0.39 is 0 Å². The molecule has 0 aliphatic heterocycles. The fourth-order valence-electron chi connectivity index (χ4n) is 0.489. The largest absolute Gasteiger partial charge is 0.468 e. The summed E-state index contributed by atoms with van der Waals surface area (Å²) in [7, 11) is 3.06. The molecular weight excluding hydrogens is 156 g/mol. The van der Waals surface area contributed by atoms with Crippen LogP contribution in [0.5, 0.6) is 0 Å².